The number of nitrogens with one attached hydrogen (secondary N) is 4. The van der Waals surface area contributed by atoms with Gasteiger partial charge in [0.2, 0.25) is 0 Å². The van der Waals surface area contributed by atoms with Crippen LogP contribution in [0.15, 0.2) is 55.0 Å². The maximum absolute atomic E-state index is 13.5. The Kier molecular flexibility index (Phi) is 7.93. The van der Waals surface area contributed by atoms with Crippen LogP contribution in [0.2, 0.25) is 5.02 Å². The molecule has 4 heterocycles. The third-order valence-electron chi connectivity index (χ3n) is 6.64. The zero-order valence-corrected chi connectivity index (χ0v) is 21.1. The summed E-state index contributed by atoms with van der Waals surface area (Å²) in [6.45, 7) is 3.66. The van der Waals surface area contributed by atoms with E-state index >= 15 is 0 Å². The summed E-state index contributed by atoms with van der Waals surface area (Å²) in [6.07, 6.45) is 7.24. The number of halogens is 1. The van der Waals surface area contributed by atoms with Crippen molar-refractivity contribution >= 4 is 34.9 Å². The van der Waals surface area contributed by atoms with Gasteiger partial charge in [-0.1, -0.05) is 17.7 Å². The van der Waals surface area contributed by atoms with E-state index in [4.69, 9.17) is 16.3 Å². The van der Waals surface area contributed by atoms with Crippen molar-refractivity contribution in [1.82, 2.24) is 20.6 Å². The van der Waals surface area contributed by atoms with Crippen LogP contribution in [0.4, 0.5) is 11.5 Å². The van der Waals surface area contributed by atoms with Gasteiger partial charge in [-0.25, -0.2) is 4.98 Å². The van der Waals surface area contributed by atoms with Crippen molar-refractivity contribution in [3.63, 3.8) is 0 Å². The van der Waals surface area contributed by atoms with Gasteiger partial charge in [0.05, 0.1) is 28.0 Å². The molecule has 0 saturated carbocycles. The molecule has 4 N–H and O–H groups in total. The smallest absolute Gasteiger partial charge is 0.259 e. The number of ether oxygens (including phenoxy) is 1. The number of piperidine rings is 1. The van der Waals surface area contributed by atoms with Gasteiger partial charge < -0.3 is 26.0 Å². The largest absolute Gasteiger partial charge is 0.489 e. The van der Waals surface area contributed by atoms with Crippen molar-refractivity contribution < 1.29 is 14.3 Å². The Morgan fingerprint density at radius 2 is 1.73 bits per heavy atom. The molecule has 0 radical (unpaired) electrons. The third kappa shape index (κ3) is 6.25. The summed E-state index contributed by atoms with van der Waals surface area (Å²) in [5, 5.41) is 12.8. The molecule has 3 aromatic rings. The highest BCUT2D eigenvalue weighted by molar-refractivity contribution is 6.30. The number of carbonyl (C=O) groups excluding carboxylic acids is 2. The van der Waals surface area contributed by atoms with E-state index in [-0.39, 0.29) is 23.3 Å². The molecule has 1 unspecified atom stereocenters. The Hall–Kier alpha value is -3.53. The van der Waals surface area contributed by atoms with Crippen molar-refractivity contribution in [2.45, 2.75) is 31.3 Å². The second-order valence-electron chi connectivity index (χ2n) is 9.20. The number of anilines is 2. The quantitative estimate of drug-likeness (QED) is 0.374. The Morgan fingerprint density at radius 3 is 2.49 bits per heavy atom. The van der Waals surface area contributed by atoms with Crippen LogP contribution in [0.5, 0.6) is 5.75 Å². The van der Waals surface area contributed by atoms with E-state index in [2.05, 4.69) is 31.2 Å². The first-order chi connectivity index (χ1) is 18.1. The second-order valence-corrected chi connectivity index (χ2v) is 9.64. The van der Waals surface area contributed by atoms with Crippen LogP contribution in [-0.2, 0) is 0 Å². The zero-order valence-electron chi connectivity index (χ0n) is 20.3. The molecular formula is C27H29ClN6O3. The average molecular weight is 521 g/mol. The van der Waals surface area contributed by atoms with E-state index in [1.165, 1.54) is 18.6 Å². The minimum atomic E-state index is -0.428. The molecule has 2 aliphatic rings. The van der Waals surface area contributed by atoms with Crippen molar-refractivity contribution in [3.8, 4) is 5.75 Å². The van der Waals surface area contributed by atoms with Crippen LogP contribution < -0.4 is 26.0 Å². The Labute approximate surface area is 220 Å². The summed E-state index contributed by atoms with van der Waals surface area (Å²) in [7, 11) is 0. The number of amides is 2. The summed E-state index contributed by atoms with van der Waals surface area (Å²) < 4.78 is 6.38. The lowest BCUT2D eigenvalue weighted by molar-refractivity contribution is 0.101. The number of hydrogen-bond acceptors (Lipinski definition) is 7. The van der Waals surface area contributed by atoms with Gasteiger partial charge in [0.25, 0.3) is 11.8 Å². The molecule has 1 atom stereocenters. The topological polar surface area (TPSA) is 117 Å². The first-order valence-electron chi connectivity index (χ1n) is 12.5. The maximum Gasteiger partial charge on any atom is 0.259 e. The molecule has 0 bridgehead atoms. The third-order valence-corrected chi connectivity index (χ3v) is 6.87. The standard InChI is InChI=1S/C27H29ClN6O3/c28-19-2-4-25(32-15-19)34-26(35)21-8-12-31-16-23(21)33-27(36)22-3-1-17(18-5-9-30-14-18)13-24(22)37-20-6-10-29-11-7-20/h1-4,8,12-13,15-16,18,20,29-30H,5-7,9-11,14H2,(H,33,36)(H,32,34,35). The van der Waals surface area contributed by atoms with Gasteiger partial charge in [0, 0.05) is 18.9 Å². The maximum atomic E-state index is 13.5. The van der Waals surface area contributed by atoms with E-state index < -0.39 is 5.91 Å². The molecule has 0 aliphatic carbocycles. The number of hydrogen-bond donors (Lipinski definition) is 4. The second kappa shape index (κ2) is 11.7. The number of pyridine rings is 2. The minimum Gasteiger partial charge on any atom is -0.489 e. The number of benzene rings is 1. The molecule has 0 spiro atoms. The van der Waals surface area contributed by atoms with Gasteiger partial charge in [-0.2, -0.15) is 0 Å². The predicted octanol–water partition coefficient (Wildman–Crippen LogP) is 3.84. The SMILES string of the molecule is O=C(Nc1ccc(Cl)cn1)c1ccncc1NC(=O)c1ccc(C2CCNC2)cc1OC1CCNCC1. The fourth-order valence-electron chi connectivity index (χ4n) is 4.63. The van der Waals surface area contributed by atoms with Crippen molar-refractivity contribution in [2.24, 2.45) is 0 Å². The van der Waals surface area contributed by atoms with Crippen LogP contribution in [0, 0.1) is 0 Å². The van der Waals surface area contributed by atoms with E-state index in [9.17, 15) is 9.59 Å². The lowest BCUT2D eigenvalue weighted by atomic mass is 9.96. The lowest BCUT2D eigenvalue weighted by Gasteiger charge is -2.25. The summed E-state index contributed by atoms with van der Waals surface area (Å²) in [5.74, 6) is 0.504. The van der Waals surface area contributed by atoms with Crippen molar-refractivity contribution in [2.75, 3.05) is 36.8 Å². The minimum absolute atomic E-state index is 0.0383. The van der Waals surface area contributed by atoms with Gasteiger partial charge in [-0.05, 0) is 80.7 Å². The van der Waals surface area contributed by atoms with Crippen molar-refractivity contribution in [3.05, 3.63) is 76.7 Å². The van der Waals surface area contributed by atoms with E-state index in [1.54, 1.807) is 18.2 Å². The Balaban J connectivity index is 1.38. The average Bonchev–Trinajstić information content (AvgIpc) is 3.46. The summed E-state index contributed by atoms with van der Waals surface area (Å²) in [5.41, 5.74) is 2.12. The number of aromatic nitrogens is 2. The van der Waals surface area contributed by atoms with E-state index in [1.807, 2.05) is 18.2 Å². The molecule has 37 heavy (non-hydrogen) atoms. The molecule has 2 aromatic heterocycles. The van der Waals surface area contributed by atoms with Crippen LogP contribution in [0.1, 0.15) is 51.5 Å². The summed E-state index contributed by atoms with van der Waals surface area (Å²) >= 11 is 5.88. The number of carbonyl (C=O) groups is 2. The van der Waals surface area contributed by atoms with Crippen LogP contribution in [-0.4, -0.2) is 54.1 Å². The predicted molar refractivity (Wildman–Crippen MR) is 143 cm³/mol. The molecule has 192 valence electrons. The first-order valence-corrected chi connectivity index (χ1v) is 12.8. The van der Waals surface area contributed by atoms with Gasteiger partial charge in [0.15, 0.2) is 0 Å². The molecule has 10 heteroatoms. The highest BCUT2D eigenvalue weighted by atomic mass is 35.5. The van der Waals surface area contributed by atoms with Crippen molar-refractivity contribution in [1.29, 1.82) is 0 Å². The monoisotopic (exact) mass is 520 g/mol. The van der Waals surface area contributed by atoms with Crippen LogP contribution in [0.25, 0.3) is 0 Å². The fraction of sp³-hybridized carbons (Fsp3) is 0.333. The lowest BCUT2D eigenvalue weighted by Crippen LogP contribution is -2.34. The van der Waals surface area contributed by atoms with Gasteiger partial charge in [-0.3, -0.25) is 14.6 Å². The van der Waals surface area contributed by atoms with Crippen LogP contribution in [0.3, 0.4) is 0 Å². The molecule has 2 aliphatic heterocycles. The first kappa shape index (κ1) is 25.1. The zero-order chi connectivity index (χ0) is 25.6. The Morgan fingerprint density at radius 1 is 0.919 bits per heavy atom. The molecule has 2 fully saturated rings. The highest BCUT2D eigenvalue weighted by Crippen LogP contribution is 2.31. The van der Waals surface area contributed by atoms with E-state index in [0.717, 1.165) is 51.0 Å². The summed E-state index contributed by atoms with van der Waals surface area (Å²) in [6, 6.07) is 10.6. The van der Waals surface area contributed by atoms with Gasteiger partial charge in [0.1, 0.15) is 17.7 Å². The van der Waals surface area contributed by atoms with Gasteiger partial charge >= 0.3 is 0 Å². The molecular weight excluding hydrogens is 492 g/mol. The fourth-order valence-corrected chi connectivity index (χ4v) is 4.74. The van der Waals surface area contributed by atoms with E-state index in [0.29, 0.717) is 28.1 Å². The Bertz CT molecular complexity index is 1260. The van der Waals surface area contributed by atoms with Crippen LogP contribution >= 0.6 is 11.6 Å². The normalized spacial score (nSPS) is 17.8. The molecule has 5 rings (SSSR count). The molecule has 2 amide bonds. The summed E-state index contributed by atoms with van der Waals surface area (Å²) in [4.78, 5) is 34.6. The number of rotatable bonds is 7. The molecule has 9 nitrogen and oxygen atoms in total. The highest BCUT2D eigenvalue weighted by Gasteiger charge is 2.24. The van der Waals surface area contributed by atoms with Gasteiger partial charge in [-0.15, -0.1) is 0 Å². The number of nitrogens with zero attached hydrogens (tertiary/aromatic N) is 2. The molecule has 2 saturated heterocycles. The molecule has 1 aromatic carbocycles.